The number of nitrogens with zero attached hydrogens (tertiary/aromatic N) is 5. The molecule has 0 spiro atoms. The van der Waals surface area contributed by atoms with Crippen molar-refractivity contribution in [3.05, 3.63) is 60.1 Å². The van der Waals surface area contributed by atoms with Crippen LogP contribution in [0.2, 0.25) is 0 Å². The van der Waals surface area contributed by atoms with E-state index in [1.807, 2.05) is 48.0 Å². The highest BCUT2D eigenvalue weighted by Gasteiger charge is 2.21. The molecule has 2 heterocycles. The van der Waals surface area contributed by atoms with Gasteiger partial charge in [0.1, 0.15) is 23.2 Å². The Morgan fingerprint density at radius 1 is 1.10 bits per heavy atom. The van der Waals surface area contributed by atoms with Gasteiger partial charge in [-0.3, -0.25) is 4.90 Å². The summed E-state index contributed by atoms with van der Waals surface area (Å²) in [6, 6.07) is 17.9. The number of aliphatic hydroxyl groups is 1. The molecule has 2 aromatic carbocycles. The molecule has 0 bridgehead atoms. The Labute approximate surface area is 176 Å². The van der Waals surface area contributed by atoms with Crippen LogP contribution in [0.3, 0.4) is 0 Å². The highest BCUT2D eigenvalue weighted by atomic mass is 16.5. The van der Waals surface area contributed by atoms with Crippen molar-refractivity contribution in [3.63, 3.8) is 0 Å². The number of para-hydroxylation sites is 2. The number of anilines is 1. The van der Waals surface area contributed by atoms with Crippen molar-refractivity contribution in [1.29, 1.82) is 5.26 Å². The average Bonchev–Trinajstić information content (AvgIpc) is 3.11. The van der Waals surface area contributed by atoms with Crippen LogP contribution in [0, 0.1) is 11.3 Å². The van der Waals surface area contributed by atoms with Crippen LogP contribution in [0.1, 0.15) is 5.82 Å². The molecule has 0 atom stereocenters. The van der Waals surface area contributed by atoms with Crippen molar-refractivity contribution >= 4 is 22.3 Å². The monoisotopic (exact) mass is 403 g/mol. The summed E-state index contributed by atoms with van der Waals surface area (Å²) < 4.78 is 7.07. The third-order valence-corrected chi connectivity index (χ3v) is 5.59. The number of piperazine rings is 1. The summed E-state index contributed by atoms with van der Waals surface area (Å²) in [5.74, 6) is 1.40. The number of aryl methyl sites for hydroxylation is 1. The zero-order chi connectivity index (χ0) is 21.1. The molecule has 0 unspecified atom stereocenters. The van der Waals surface area contributed by atoms with Crippen LogP contribution in [0.4, 0.5) is 5.69 Å². The van der Waals surface area contributed by atoms with Gasteiger partial charge >= 0.3 is 0 Å². The minimum atomic E-state index is 0.0637. The number of aromatic nitrogens is 2. The van der Waals surface area contributed by atoms with Gasteiger partial charge in [0.05, 0.1) is 24.7 Å². The number of fused-ring (bicyclic) bond motifs is 1. The molecule has 1 N–H and O–H groups in total. The molecule has 0 aliphatic carbocycles. The normalized spacial score (nSPS) is 15.7. The largest absolute Gasteiger partial charge is 0.509 e. The highest BCUT2D eigenvalue weighted by molar-refractivity contribution is 5.83. The van der Waals surface area contributed by atoms with Gasteiger partial charge in [-0.05, 0) is 36.4 Å². The molecule has 4 rings (SSSR count). The highest BCUT2D eigenvalue weighted by Crippen LogP contribution is 2.23. The van der Waals surface area contributed by atoms with Crippen LogP contribution < -0.4 is 9.64 Å². The van der Waals surface area contributed by atoms with E-state index in [4.69, 9.17) is 4.74 Å². The first kappa shape index (κ1) is 19.8. The van der Waals surface area contributed by atoms with Gasteiger partial charge in [-0.1, -0.05) is 12.1 Å². The van der Waals surface area contributed by atoms with Crippen molar-refractivity contribution in [2.75, 3.05) is 44.7 Å². The first-order valence-electron chi connectivity index (χ1n) is 9.96. The minimum absolute atomic E-state index is 0.0637. The number of imidazole rings is 1. The molecule has 0 saturated carbocycles. The van der Waals surface area contributed by atoms with E-state index >= 15 is 0 Å². The predicted molar refractivity (Wildman–Crippen MR) is 118 cm³/mol. The van der Waals surface area contributed by atoms with Crippen molar-refractivity contribution in [1.82, 2.24) is 14.5 Å². The second kappa shape index (κ2) is 8.47. The third-order valence-electron chi connectivity index (χ3n) is 5.59. The van der Waals surface area contributed by atoms with E-state index in [0.717, 1.165) is 48.6 Å². The molecule has 1 aliphatic heterocycles. The molecule has 1 saturated heterocycles. The maximum absolute atomic E-state index is 10.7. The SMILES string of the molecule is COc1ccc(N2CCN(C/C(O)=C(\C#N)c3nc4ccccc4n3C)CC2)cc1. The Morgan fingerprint density at radius 2 is 1.80 bits per heavy atom. The number of benzene rings is 2. The fourth-order valence-corrected chi connectivity index (χ4v) is 3.86. The lowest BCUT2D eigenvalue weighted by Gasteiger charge is -2.36. The molecule has 1 aromatic heterocycles. The number of hydrogen-bond acceptors (Lipinski definition) is 6. The van der Waals surface area contributed by atoms with Crippen LogP contribution in [0.5, 0.6) is 5.75 Å². The molecule has 7 nitrogen and oxygen atoms in total. The Balaban J connectivity index is 1.46. The molecule has 0 radical (unpaired) electrons. The van der Waals surface area contributed by atoms with Gasteiger partial charge < -0.3 is 19.3 Å². The summed E-state index contributed by atoms with van der Waals surface area (Å²) >= 11 is 0. The summed E-state index contributed by atoms with van der Waals surface area (Å²) in [4.78, 5) is 9.02. The van der Waals surface area contributed by atoms with Gasteiger partial charge in [0.25, 0.3) is 0 Å². The number of allylic oxidation sites excluding steroid dienone is 1. The second-order valence-corrected chi connectivity index (χ2v) is 7.38. The van der Waals surface area contributed by atoms with Crippen molar-refractivity contribution in [3.8, 4) is 11.8 Å². The molecule has 154 valence electrons. The van der Waals surface area contributed by atoms with E-state index in [1.54, 1.807) is 7.11 Å². The Bertz CT molecular complexity index is 1100. The van der Waals surface area contributed by atoms with Crippen LogP contribution in [-0.4, -0.2) is 59.4 Å². The van der Waals surface area contributed by atoms with Crippen molar-refractivity contribution in [2.45, 2.75) is 0 Å². The number of aliphatic hydroxyl groups excluding tert-OH is 1. The third kappa shape index (κ3) is 3.82. The maximum Gasteiger partial charge on any atom is 0.155 e. The number of rotatable bonds is 5. The zero-order valence-corrected chi connectivity index (χ0v) is 17.2. The standard InChI is InChI=1S/C23H25N5O2/c1-26-21-6-4-3-5-20(21)25-23(26)19(15-24)22(29)16-27-11-13-28(14-12-27)17-7-9-18(30-2)10-8-17/h3-10,29H,11-14,16H2,1-2H3/b22-19-. The van der Waals surface area contributed by atoms with Crippen LogP contribution in [-0.2, 0) is 7.05 Å². The fraction of sp³-hybridized carbons (Fsp3) is 0.304. The zero-order valence-electron chi connectivity index (χ0n) is 17.2. The fourth-order valence-electron chi connectivity index (χ4n) is 3.86. The lowest BCUT2D eigenvalue weighted by molar-refractivity contribution is 0.239. The molecule has 7 heteroatoms. The molecule has 1 aliphatic rings. The Hall–Kier alpha value is -3.50. The predicted octanol–water partition coefficient (Wildman–Crippen LogP) is 3.20. The molecular formula is C23H25N5O2. The summed E-state index contributed by atoms with van der Waals surface area (Å²) in [5, 5.41) is 20.4. The molecule has 30 heavy (non-hydrogen) atoms. The molecule has 0 amide bonds. The van der Waals surface area contributed by atoms with Crippen LogP contribution >= 0.6 is 0 Å². The smallest absolute Gasteiger partial charge is 0.155 e. The topological polar surface area (TPSA) is 77.6 Å². The summed E-state index contributed by atoms with van der Waals surface area (Å²) in [6.07, 6.45) is 0. The van der Waals surface area contributed by atoms with E-state index in [1.165, 1.54) is 0 Å². The molecule has 1 fully saturated rings. The summed E-state index contributed by atoms with van der Waals surface area (Å²) in [6.45, 7) is 3.65. The Morgan fingerprint density at radius 3 is 2.43 bits per heavy atom. The lowest BCUT2D eigenvalue weighted by Crippen LogP contribution is -2.47. The quantitative estimate of drug-likeness (QED) is 0.521. The van der Waals surface area contributed by atoms with Gasteiger partial charge in [-0.15, -0.1) is 0 Å². The van der Waals surface area contributed by atoms with Crippen LogP contribution in [0.15, 0.2) is 54.3 Å². The van der Waals surface area contributed by atoms with Crippen molar-refractivity contribution < 1.29 is 9.84 Å². The van der Waals surface area contributed by atoms with Gasteiger partial charge in [-0.25, -0.2) is 4.98 Å². The van der Waals surface area contributed by atoms with Gasteiger partial charge in [0.2, 0.25) is 0 Å². The van der Waals surface area contributed by atoms with E-state index in [9.17, 15) is 10.4 Å². The van der Waals surface area contributed by atoms with Gasteiger partial charge in [0.15, 0.2) is 5.82 Å². The first-order valence-corrected chi connectivity index (χ1v) is 9.96. The first-order chi connectivity index (χ1) is 14.6. The number of ether oxygens (including phenoxy) is 1. The van der Waals surface area contributed by atoms with Crippen LogP contribution in [0.25, 0.3) is 16.6 Å². The van der Waals surface area contributed by atoms with E-state index in [2.05, 4.69) is 33.0 Å². The van der Waals surface area contributed by atoms with Crippen molar-refractivity contribution in [2.24, 2.45) is 7.05 Å². The van der Waals surface area contributed by atoms with Gasteiger partial charge in [0, 0.05) is 38.9 Å². The van der Waals surface area contributed by atoms with Gasteiger partial charge in [-0.2, -0.15) is 5.26 Å². The summed E-state index contributed by atoms with van der Waals surface area (Å²) in [7, 11) is 3.53. The second-order valence-electron chi connectivity index (χ2n) is 7.38. The number of nitriles is 1. The van der Waals surface area contributed by atoms with E-state index < -0.39 is 0 Å². The minimum Gasteiger partial charge on any atom is -0.509 e. The van der Waals surface area contributed by atoms with E-state index in [-0.39, 0.29) is 11.3 Å². The number of hydrogen-bond donors (Lipinski definition) is 1. The summed E-state index contributed by atoms with van der Waals surface area (Å²) in [5.41, 5.74) is 3.13. The molecule has 3 aromatic rings. The maximum atomic E-state index is 10.7. The number of methoxy groups -OCH3 is 1. The lowest BCUT2D eigenvalue weighted by atomic mass is 10.2. The molecular weight excluding hydrogens is 378 g/mol. The average molecular weight is 403 g/mol. The Kier molecular flexibility index (Phi) is 5.59. The van der Waals surface area contributed by atoms with E-state index in [0.29, 0.717) is 12.4 Å².